The van der Waals surface area contributed by atoms with Crippen molar-refractivity contribution in [1.82, 2.24) is 0 Å². The molecule has 2 aromatic carbocycles. The van der Waals surface area contributed by atoms with Gasteiger partial charge in [0.05, 0.1) is 0 Å². The maximum atomic E-state index is 10.4. The van der Waals surface area contributed by atoms with Crippen LogP contribution >= 0.6 is 0 Å². The number of carboxylic acid groups (broad SMARTS) is 2. The number of aliphatic carboxylic acids is 2. The zero-order valence-electron chi connectivity index (χ0n) is 14.6. The molecule has 0 aliphatic rings. The smallest absolute Gasteiger partial charge is 0.367 e. The van der Waals surface area contributed by atoms with Crippen LogP contribution in [0.25, 0.3) is 0 Å². The molecule has 0 unspecified atom stereocenters. The van der Waals surface area contributed by atoms with Crippen molar-refractivity contribution < 1.29 is 54.3 Å². The van der Waals surface area contributed by atoms with Gasteiger partial charge in [-0.1, -0.05) is 60.7 Å². The Morgan fingerprint density at radius 3 is 1.14 bits per heavy atom. The molecule has 2 atom stereocenters. The SMILES string of the molecule is O.O=S(=O)([O-])[O-].[NH3+][C@@H](C(=O)O)c1ccccc1.[NH3+][C@@H](C(=O)O)c1ccccc1. The number of rotatable bonds is 4. The van der Waals surface area contributed by atoms with Crippen LogP contribution in [-0.4, -0.2) is 45.2 Å². The highest BCUT2D eigenvalue weighted by Gasteiger charge is 2.17. The summed E-state index contributed by atoms with van der Waals surface area (Å²) < 4.78 is 34.1. The van der Waals surface area contributed by atoms with Crippen molar-refractivity contribution in [3.8, 4) is 0 Å². The molecule has 28 heavy (non-hydrogen) atoms. The standard InChI is InChI=1S/2C8H9NO2.H2O4S.H2O/c2*9-7(8(10)11)6-4-2-1-3-5-6;1-5(2,3)4;/h2*1-5,7H,9H2,(H,10,11);(H2,1,2,3,4);1H2/t2*7-;;/m11../s1. The van der Waals surface area contributed by atoms with Crippen molar-refractivity contribution in [2.45, 2.75) is 12.1 Å². The highest BCUT2D eigenvalue weighted by molar-refractivity contribution is 7.79. The molecule has 0 radical (unpaired) electrons. The van der Waals surface area contributed by atoms with E-state index < -0.39 is 34.4 Å². The van der Waals surface area contributed by atoms with E-state index in [1.165, 1.54) is 0 Å². The Hall–Kier alpha value is -2.87. The summed E-state index contributed by atoms with van der Waals surface area (Å²) in [5, 5.41) is 17.1. The predicted octanol–water partition coefficient (Wildman–Crippen LogP) is -2.05. The quantitative estimate of drug-likeness (QED) is 0.317. The van der Waals surface area contributed by atoms with Crippen molar-refractivity contribution in [2.75, 3.05) is 0 Å². The Balaban J connectivity index is 0. The van der Waals surface area contributed by atoms with E-state index in [1.54, 1.807) is 48.5 Å². The van der Waals surface area contributed by atoms with Crippen LogP contribution in [0.15, 0.2) is 60.7 Å². The number of carboxylic acids is 2. The van der Waals surface area contributed by atoms with Crippen LogP contribution in [0.1, 0.15) is 23.2 Å². The molecule has 11 nitrogen and oxygen atoms in total. The van der Waals surface area contributed by atoms with Gasteiger partial charge in [0.1, 0.15) is 0 Å². The monoisotopic (exact) mass is 418 g/mol. The number of quaternary nitrogens is 2. The summed E-state index contributed by atoms with van der Waals surface area (Å²) in [7, 11) is -5.17. The molecule has 0 heterocycles. The average Bonchev–Trinajstić information content (AvgIpc) is 2.61. The van der Waals surface area contributed by atoms with E-state index in [9.17, 15) is 9.59 Å². The number of carbonyl (C=O) groups is 2. The Bertz CT molecular complexity index is 751. The third-order valence-electron chi connectivity index (χ3n) is 3.00. The molecule has 12 heteroatoms. The summed E-state index contributed by atoms with van der Waals surface area (Å²) in [6.45, 7) is 0. The largest absolute Gasteiger partial charge is 0.759 e. The third kappa shape index (κ3) is 13.3. The van der Waals surface area contributed by atoms with Gasteiger partial charge in [0, 0.05) is 21.5 Å². The van der Waals surface area contributed by atoms with Gasteiger partial charge in [0.2, 0.25) is 12.1 Å². The summed E-state index contributed by atoms with van der Waals surface area (Å²) in [4.78, 5) is 20.9. The minimum atomic E-state index is -5.17. The fourth-order valence-electron chi connectivity index (χ4n) is 1.66. The normalized spacial score (nSPS) is 11.9. The molecule has 156 valence electrons. The molecule has 0 aliphatic carbocycles. The second-order valence-corrected chi connectivity index (χ2v) is 5.83. The first-order valence-corrected chi connectivity index (χ1v) is 8.65. The van der Waals surface area contributed by atoms with E-state index >= 15 is 0 Å². The molecule has 0 saturated carbocycles. The molecule has 2 rings (SSSR count). The molecule has 0 saturated heterocycles. The summed E-state index contributed by atoms with van der Waals surface area (Å²) in [5.74, 6) is -1.78. The first-order valence-electron chi connectivity index (χ1n) is 7.31. The van der Waals surface area contributed by atoms with Crippen molar-refractivity contribution in [2.24, 2.45) is 0 Å². The van der Waals surface area contributed by atoms with Crippen molar-refractivity contribution >= 4 is 22.3 Å². The Kier molecular flexibility index (Phi) is 13.0. The van der Waals surface area contributed by atoms with Gasteiger partial charge < -0.3 is 36.3 Å². The van der Waals surface area contributed by atoms with Gasteiger partial charge in [-0.3, -0.25) is 8.42 Å². The fourth-order valence-corrected chi connectivity index (χ4v) is 1.66. The van der Waals surface area contributed by atoms with Crippen molar-refractivity contribution in [1.29, 1.82) is 0 Å². The molecule has 0 aromatic heterocycles. The van der Waals surface area contributed by atoms with Crippen molar-refractivity contribution in [3.63, 3.8) is 0 Å². The highest BCUT2D eigenvalue weighted by Crippen LogP contribution is 2.07. The minimum absolute atomic E-state index is 0. The topological polar surface area (TPSA) is 242 Å². The third-order valence-corrected chi connectivity index (χ3v) is 3.00. The summed E-state index contributed by atoms with van der Waals surface area (Å²) >= 11 is 0. The predicted molar refractivity (Wildman–Crippen MR) is 93.5 cm³/mol. The number of benzene rings is 2. The summed E-state index contributed by atoms with van der Waals surface area (Å²) in [5.41, 5.74) is 8.49. The molecule has 10 N–H and O–H groups in total. The second kappa shape index (κ2) is 13.3. The Morgan fingerprint density at radius 2 is 0.964 bits per heavy atom. The van der Waals surface area contributed by atoms with Gasteiger partial charge in [-0.25, -0.2) is 9.59 Å². The van der Waals surface area contributed by atoms with E-state index in [1.807, 2.05) is 12.1 Å². The van der Waals surface area contributed by atoms with Crippen LogP contribution in [0.5, 0.6) is 0 Å². The zero-order valence-corrected chi connectivity index (χ0v) is 15.4. The number of hydrogen-bond acceptors (Lipinski definition) is 6. The maximum Gasteiger partial charge on any atom is 0.367 e. The van der Waals surface area contributed by atoms with Crippen LogP contribution in [0.3, 0.4) is 0 Å². The van der Waals surface area contributed by atoms with Crippen molar-refractivity contribution in [3.05, 3.63) is 71.8 Å². The fraction of sp³-hybridized carbons (Fsp3) is 0.125. The zero-order chi connectivity index (χ0) is 21.0. The van der Waals surface area contributed by atoms with E-state index in [4.69, 9.17) is 27.7 Å². The van der Waals surface area contributed by atoms with Gasteiger partial charge >= 0.3 is 11.9 Å². The van der Waals surface area contributed by atoms with Gasteiger partial charge in [-0.15, -0.1) is 0 Å². The van der Waals surface area contributed by atoms with Crippen LogP contribution in [0.4, 0.5) is 0 Å². The summed E-state index contributed by atoms with van der Waals surface area (Å²) in [6.07, 6.45) is 0. The molecular formula is C16H22N2O9S. The second-order valence-electron chi connectivity index (χ2n) is 5.01. The molecule has 2 aromatic rings. The molecule has 0 spiro atoms. The summed E-state index contributed by atoms with van der Waals surface area (Å²) in [6, 6.07) is 16.6. The lowest BCUT2D eigenvalue weighted by molar-refractivity contribution is -0.413. The highest BCUT2D eigenvalue weighted by atomic mass is 32.3. The van der Waals surface area contributed by atoms with Crippen LogP contribution in [-0.2, 0) is 20.0 Å². The maximum absolute atomic E-state index is 10.4. The van der Waals surface area contributed by atoms with E-state index in [0.717, 1.165) is 11.1 Å². The van der Waals surface area contributed by atoms with Crippen LogP contribution < -0.4 is 11.5 Å². The van der Waals surface area contributed by atoms with Crippen LogP contribution in [0.2, 0.25) is 0 Å². The van der Waals surface area contributed by atoms with Gasteiger partial charge in [0.25, 0.3) is 0 Å². The first kappa shape index (κ1) is 27.3. The molecular weight excluding hydrogens is 396 g/mol. The molecule has 0 fully saturated rings. The van der Waals surface area contributed by atoms with Crippen LogP contribution in [0, 0.1) is 0 Å². The average molecular weight is 418 g/mol. The minimum Gasteiger partial charge on any atom is -0.759 e. The number of hydrogen-bond donors (Lipinski definition) is 4. The lowest BCUT2D eigenvalue weighted by Gasteiger charge is -2.06. The Morgan fingerprint density at radius 1 is 0.750 bits per heavy atom. The van der Waals surface area contributed by atoms with E-state index in [-0.39, 0.29) is 5.48 Å². The first-order chi connectivity index (χ1) is 12.4. The molecule has 0 aliphatic heterocycles. The van der Waals surface area contributed by atoms with E-state index in [2.05, 4.69) is 11.5 Å². The van der Waals surface area contributed by atoms with E-state index in [0.29, 0.717) is 0 Å². The van der Waals surface area contributed by atoms with Gasteiger partial charge in [-0.2, -0.15) is 0 Å². The van der Waals surface area contributed by atoms with Gasteiger partial charge in [-0.05, 0) is 0 Å². The lowest BCUT2D eigenvalue weighted by Crippen LogP contribution is -2.57. The molecule has 0 bridgehead atoms. The lowest BCUT2D eigenvalue weighted by atomic mass is 10.1. The Labute approximate surface area is 161 Å². The van der Waals surface area contributed by atoms with Gasteiger partial charge in [0.15, 0.2) is 0 Å². The molecule has 0 amide bonds.